The summed E-state index contributed by atoms with van der Waals surface area (Å²) in [6.07, 6.45) is 2.83. The van der Waals surface area contributed by atoms with E-state index in [0.717, 1.165) is 65.9 Å². The van der Waals surface area contributed by atoms with E-state index in [1.807, 2.05) is 30.3 Å². The van der Waals surface area contributed by atoms with E-state index in [1.54, 1.807) is 30.4 Å². The summed E-state index contributed by atoms with van der Waals surface area (Å²) in [5, 5.41) is 3.19. The molecule has 0 unspecified atom stereocenters. The van der Waals surface area contributed by atoms with E-state index in [9.17, 15) is 0 Å². The number of nitrogens with zero attached hydrogens (tertiary/aromatic N) is 3. The number of nitrogens with one attached hydrogen (secondary N) is 1. The number of pyridine rings is 1. The number of hydrogen-bond acceptors (Lipinski definition) is 7. The molecule has 0 amide bonds. The lowest BCUT2D eigenvalue weighted by molar-refractivity contribution is 0.414. The fourth-order valence-corrected chi connectivity index (χ4v) is 5.64. The zero-order valence-electron chi connectivity index (χ0n) is 19.0. The molecule has 0 saturated carbocycles. The van der Waals surface area contributed by atoms with Gasteiger partial charge in [0.15, 0.2) is 5.82 Å². The zero-order chi connectivity index (χ0) is 23.3. The molecule has 3 aromatic heterocycles. The summed E-state index contributed by atoms with van der Waals surface area (Å²) < 4.78 is 12.4. The third kappa shape index (κ3) is 4.89. The summed E-state index contributed by atoms with van der Waals surface area (Å²) in [6.45, 7) is 1.83. The van der Waals surface area contributed by atoms with Crippen molar-refractivity contribution in [1.29, 1.82) is 0 Å². The monoisotopic (exact) mass is 489 g/mol. The number of ether oxygens (including phenoxy) is 1. The summed E-state index contributed by atoms with van der Waals surface area (Å²) >= 11 is 3.46. The molecule has 0 bridgehead atoms. The van der Waals surface area contributed by atoms with Gasteiger partial charge in [-0.25, -0.2) is 9.97 Å². The highest BCUT2D eigenvalue weighted by Crippen LogP contribution is 2.30. The number of nitrogen functional groups attached to an aromatic ring is 1. The van der Waals surface area contributed by atoms with Crippen molar-refractivity contribution >= 4 is 51.0 Å². The minimum absolute atomic E-state index is 0.484. The Morgan fingerprint density at radius 1 is 1.03 bits per heavy atom. The van der Waals surface area contributed by atoms with Gasteiger partial charge in [-0.2, -0.15) is 0 Å². The number of hydrogen-bond donors (Lipinski definition) is 2. The lowest BCUT2D eigenvalue weighted by Gasteiger charge is -2.11. The largest absolute Gasteiger partial charge is 0.497 e. The van der Waals surface area contributed by atoms with Crippen LogP contribution >= 0.6 is 23.3 Å². The summed E-state index contributed by atoms with van der Waals surface area (Å²) in [5.74, 6) is 2.34. The summed E-state index contributed by atoms with van der Waals surface area (Å²) in [6, 6.07) is 20.5. The Morgan fingerprint density at radius 2 is 1.88 bits per heavy atom. The van der Waals surface area contributed by atoms with Crippen molar-refractivity contribution in [3.63, 3.8) is 0 Å². The highest BCUT2D eigenvalue weighted by atomic mass is 32.2. The van der Waals surface area contributed by atoms with Crippen molar-refractivity contribution in [2.24, 2.45) is 0 Å². The van der Waals surface area contributed by atoms with E-state index < -0.39 is 0 Å². The van der Waals surface area contributed by atoms with Crippen LogP contribution < -0.4 is 15.2 Å². The molecule has 0 radical (unpaired) electrons. The first-order valence-electron chi connectivity index (χ1n) is 11.3. The second kappa shape index (κ2) is 10.5. The first-order valence-corrected chi connectivity index (χ1v) is 13.0. The second-order valence-electron chi connectivity index (χ2n) is 8.05. The number of benzene rings is 2. The number of imidazole rings is 1. The van der Waals surface area contributed by atoms with Gasteiger partial charge in [0.2, 0.25) is 0 Å². The third-order valence-corrected chi connectivity index (χ3v) is 7.68. The number of thiophene rings is 1. The number of para-hydroxylation sites is 1. The number of fused-ring (bicyclic) bond motifs is 3. The highest BCUT2D eigenvalue weighted by Gasteiger charge is 2.17. The van der Waals surface area contributed by atoms with Crippen LogP contribution in [0.15, 0.2) is 70.3 Å². The summed E-state index contributed by atoms with van der Waals surface area (Å²) in [7, 11) is 1.68. The van der Waals surface area contributed by atoms with E-state index in [2.05, 4.69) is 50.0 Å². The van der Waals surface area contributed by atoms with Crippen LogP contribution in [-0.2, 0) is 13.0 Å². The number of anilines is 1. The molecule has 34 heavy (non-hydrogen) atoms. The van der Waals surface area contributed by atoms with Gasteiger partial charge in [0.05, 0.1) is 22.4 Å². The summed E-state index contributed by atoms with van der Waals surface area (Å²) in [4.78, 5) is 9.58. The number of nitrogens with two attached hydrogens (primary N) is 1. The molecule has 6 nitrogen and oxygen atoms in total. The Bertz CT molecular complexity index is 1380. The molecule has 0 fully saturated rings. The highest BCUT2D eigenvalue weighted by molar-refractivity contribution is 7.99. The van der Waals surface area contributed by atoms with Gasteiger partial charge in [0.1, 0.15) is 17.1 Å². The van der Waals surface area contributed by atoms with Crippen LogP contribution in [0.1, 0.15) is 24.2 Å². The Hall–Kier alpha value is -3.07. The molecule has 174 valence electrons. The van der Waals surface area contributed by atoms with Crippen molar-refractivity contribution in [3.05, 3.63) is 77.4 Å². The van der Waals surface area contributed by atoms with Crippen molar-refractivity contribution in [1.82, 2.24) is 19.3 Å². The van der Waals surface area contributed by atoms with Crippen LogP contribution in [-0.4, -0.2) is 28.2 Å². The first kappa shape index (κ1) is 22.7. The smallest absolute Gasteiger partial charge is 0.152 e. The van der Waals surface area contributed by atoms with Crippen molar-refractivity contribution in [2.45, 2.75) is 30.0 Å². The lowest BCUT2D eigenvalue weighted by Crippen LogP contribution is -2.09. The number of unbranched alkanes of at least 4 members (excludes halogenated alkanes) is 1. The van der Waals surface area contributed by atoms with Crippen molar-refractivity contribution < 1.29 is 4.74 Å². The molecule has 0 aliphatic carbocycles. The Kier molecular flexibility index (Phi) is 6.99. The van der Waals surface area contributed by atoms with E-state index in [1.165, 1.54) is 9.77 Å². The predicted octanol–water partition coefficient (Wildman–Crippen LogP) is 5.90. The third-order valence-electron chi connectivity index (χ3n) is 5.79. The first-order chi connectivity index (χ1) is 16.7. The average molecular weight is 490 g/mol. The van der Waals surface area contributed by atoms with Gasteiger partial charge in [-0.05, 0) is 60.0 Å². The van der Waals surface area contributed by atoms with Gasteiger partial charge in [-0.15, -0.1) is 11.3 Å². The van der Waals surface area contributed by atoms with E-state index in [4.69, 9.17) is 15.5 Å². The molecule has 0 atom stereocenters. The number of aromatic nitrogens is 3. The van der Waals surface area contributed by atoms with Crippen molar-refractivity contribution in [3.8, 4) is 5.75 Å². The van der Waals surface area contributed by atoms with Crippen LogP contribution in [0, 0.1) is 0 Å². The average Bonchev–Trinajstić information content (AvgIpc) is 3.50. The fourth-order valence-electron chi connectivity index (χ4n) is 4.12. The van der Waals surface area contributed by atoms with Crippen LogP contribution in [0.2, 0.25) is 0 Å². The Labute approximate surface area is 207 Å². The van der Waals surface area contributed by atoms with Gasteiger partial charge in [0, 0.05) is 24.9 Å². The molecule has 0 saturated heterocycles. The molecule has 0 aliphatic rings. The normalized spacial score (nSPS) is 11.4. The van der Waals surface area contributed by atoms with Gasteiger partial charge >= 0.3 is 0 Å². The molecule has 0 spiro atoms. The van der Waals surface area contributed by atoms with E-state index in [-0.39, 0.29) is 0 Å². The lowest BCUT2D eigenvalue weighted by atomic mass is 10.1. The van der Waals surface area contributed by atoms with E-state index in [0.29, 0.717) is 5.82 Å². The van der Waals surface area contributed by atoms with E-state index >= 15 is 0 Å². The Balaban J connectivity index is 1.40. The van der Waals surface area contributed by atoms with Gasteiger partial charge < -0.3 is 15.0 Å². The standard InChI is InChI=1S/C26H27N5OS2/c1-32-19-12-10-18(11-13-19)17-22-30-24-25(20-7-2-3-8-21(20)29-26(24)27)31(22)15-5-4-14-28-34-23-9-6-16-33-23/h2-3,6-13,16,28H,4-5,14-15,17H2,1H3,(H2,27,29). The molecule has 3 heterocycles. The SMILES string of the molecule is COc1ccc(Cc2nc3c(N)nc4ccccc4c3n2CCCCNSc2cccs2)cc1. The van der Waals surface area contributed by atoms with Crippen molar-refractivity contribution in [2.75, 3.05) is 19.4 Å². The van der Waals surface area contributed by atoms with Gasteiger partial charge in [-0.1, -0.05) is 36.4 Å². The topological polar surface area (TPSA) is 78.0 Å². The maximum Gasteiger partial charge on any atom is 0.152 e. The maximum atomic E-state index is 6.36. The predicted molar refractivity (Wildman–Crippen MR) is 143 cm³/mol. The number of methoxy groups -OCH3 is 1. The molecule has 3 N–H and O–H groups in total. The minimum atomic E-state index is 0.484. The quantitative estimate of drug-likeness (QED) is 0.188. The maximum absolute atomic E-state index is 6.36. The number of rotatable bonds is 10. The molecule has 8 heteroatoms. The molecular weight excluding hydrogens is 462 g/mol. The number of aryl methyl sites for hydroxylation is 1. The molecule has 0 aliphatic heterocycles. The van der Waals surface area contributed by atoms with Crippen LogP contribution in [0.4, 0.5) is 5.82 Å². The van der Waals surface area contributed by atoms with Crippen LogP contribution in [0.3, 0.4) is 0 Å². The Morgan fingerprint density at radius 3 is 2.68 bits per heavy atom. The minimum Gasteiger partial charge on any atom is -0.497 e. The molecular formula is C26H27N5OS2. The molecule has 5 rings (SSSR count). The second-order valence-corrected chi connectivity index (χ2v) is 10.2. The zero-order valence-corrected chi connectivity index (χ0v) is 20.7. The van der Waals surface area contributed by atoms with Crippen LogP contribution in [0.25, 0.3) is 21.9 Å². The van der Waals surface area contributed by atoms with Gasteiger partial charge in [-0.3, -0.25) is 4.72 Å². The summed E-state index contributed by atoms with van der Waals surface area (Å²) in [5.41, 5.74) is 10.3. The molecule has 5 aromatic rings. The van der Waals surface area contributed by atoms with Crippen LogP contribution in [0.5, 0.6) is 5.75 Å². The fraction of sp³-hybridized carbons (Fsp3) is 0.231. The van der Waals surface area contributed by atoms with Gasteiger partial charge in [0.25, 0.3) is 0 Å². The molecule has 2 aromatic carbocycles.